The lowest BCUT2D eigenvalue weighted by Crippen LogP contribution is -2.14. The van der Waals surface area contributed by atoms with Crippen LogP contribution in [0.4, 0.5) is 5.13 Å². The van der Waals surface area contributed by atoms with Gasteiger partial charge in [-0.1, -0.05) is 0 Å². The molecule has 0 unspecified atom stereocenters. The number of aromatic nitrogens is 1. The molecule has 0 saturated heterocycles. The molecule has 2 aromatic carbocycles. The molecule has 1 aliphatic heterocycles. The standard InChI is InChI=1S/C21H20N2O4S/c1-25-16-4-6-18(26-2)15(10-16)11-20(24)23-21-22-17(12-28-21)13-3-5-19-14(9-13)7-8-27-19/h3-6,9-10,12H,7-8,11H2,1-2H3,(H,22,23,24). The van der Waals surface area contributed by atoms with Gasteiger partial charge in [0.1, 0.15) is 17.2 Å². The molecule has 3 aromatic rings. The molecule has 1 amide bonds. The first-order valence-electron chi connectivity index (χ1n) is 8.88. The topological polar surface area (TPSA) is 69.7 Å². The molecule has 0 aliphatic carbocycles. The molecule has 2 heterocycles. The summed E-state index contributed by atoms with van der Waals surface area (Å²) in [5, 5.41) is 5.38. The molecule has 0 fully saturated rings. The van der Waals surface area contributed by atoms with E-state index in [0.29, 0.717) is 16.6 Å². The van der Waals surface area contributed by atoms with E-state index in [1.807, 2.05) is 17.5 Å². The van der Waals surface area contributed by atoms with Crippen molar-refractivity contribution >= 4 is 22.4 Å². The van der Waals surface area contributed by atoms with Gasteiger partial charge in [0.05, 0.1) is 32.9 Å². The maximum atomic E-state index is 12.5. The van der Waals surface area contributed by atoms with Crippen LogP contribution in [-0.2, 0) is 17.6 Å². The summed E-state index contributed by atoms with van der Waals surface area (Å²) >= 11 is 1.40. The minimum Gasteiger partial charge on any atom is -0.497 e. The highest BCUT2D eigenvalue weighted by atomic mass is 32.1. The van der Waals surface area contributed by atoms with Gasteiger partial charge in [0, 0.05) is 22.9 Å². The second-order valence-electron chi connectivity index (χ2n) is 6.36. The summed E-state index contributed by atoms with van der Waals surface area (Å²) in [6.07, 6.45) is 1.09. The Hall–Kier alpha value is -3.06. The summed E-state index contributed by atoms with van der Waals surface area (Å²) in [6.45, 7) is 0.727. The number of nitrogens with one attached hydrogen (secondary N) is 1. The number of carbonyl (C=O) groups is 1. The van der Waals surface area contributed by atoms with Crippen LogP contribution >= 0.6 is 11.3 Å². The minimum atomic E-state index is -0.158. The Labute approximate surface area is 167 Å². The number of benzene rings is 2. The van der Waals surface area contributed by atoms with Gasteiger partial charge in [-0.3, -0.25) is 4.79 Å². The fourth-order valence-electron chi connectivity index (χ4n) is 3.17. The van der Waals surface area contributed by atoms with Crippen molar-refractivity contribution in [3.63, 3.8) is 0 Å². The lowest BCUT2D eigenvalue weighted by Gasteiger charge is -2.10. The van der Waals surface area contributed by atoms with Gasteiger partial charge in [-0.05, 0) is 42.0 Å². The zero-order valence-electron chi connectivity index (χ0n) is 15.7. The summed E-state index contributed by atoms with van der Waals surface area (Å²) in [7, 11) is 3.17. The van der Waals surface area contributed by atoms with Gasteiger partial charge in [-0.2, -0.15) is 0 Å². The molecule has 1 aromatic heterocycles. The van der Waals surface area contributed by atoms with Crippen LogP contribution in [-0.4, -0.2) is 31.7 Å². The zero-order valence-corrected chi connectivity index (χ0v) is 16.5. The fraction of sp³-hybridized carbons (Fsp3) is 0.238. The van der Waals surface area contributed by atoms with Gasteiger partial charge < -0.3 is 19.5 Å². The number of rotatable bonds is 6. The van der Waals surface area contributed by atoms with E-state index in [2.05, 4.69) is 16.4 Å². The van der Waals surface area contributed by atoms with Crippen LogP contribution in [0.5, 0.6) is 17.2 Å². The van der Waals surface area contributed by atoms with Crippen LogP contribution in [0.25, 0.3) is 11.3 Å². The zero-order chi connectivity index (χ0) is 19.5. The Kier molecular flexibility index (Phi) is 5.16. The monoisotopic (exact) mass is 396 g/mol. The Morgan fingerprint density at radius 3 is 2.93 bits per heavy atom. The molecule has 0 bridgehead atoms. The Bertz CT molecular complexity index is 1020. The van der Waals surface area contributed by atoms with E-state index in [1.165, 1.54) is 16.9 Å². The third-order valence-corrected chi connectivity index (χ3v) is 5.33. The molecule has 0 spiro atoms. The summed E-state index contributed by atoms with van der Waals surface area (Å²) in [5.74, 6) is 2.12. The SMILES string of the molecule is COc1ccc(OC)c(CC(=O)Nc2nc(-c3ccc4c(c3)CCO4)cs2)c1. The van der Waals surface area contributed by atoms with E-state index >= 15 is 0 Å². The maximum absolute atomic E-state index is 12.5. The number of fused-ring (bicyclic) bond motifs is 1. The van der Waals surface area contributed by atoms with Crippen molar-refractivity contribution in [2.75, 3.05) is 26.1 Å². The number of ether oxygens (including phenoxy) is 3. The number of thiazole rings is 1. The van der Waals surface area contributed by atoms with Crippen LogP contribution in [0.2, 0.25) is 0 Å². The van der Waals surface area contributed by atoms with E-state index in [1.54, 1.807) is 32.4 Å². The van der Waals surface area contributed by atoms with Crippen LogP contribution in [0.1, 0.15) is 11.1 Å². The minimum absolute atomic E-state index is 0.158. The van der Waals surface area contributed by atoms with Crippen LogP contribution in [0.15, 0.2) is 41.8 Å². The highest BCUT2D eigenvalue weighted by molar-refractivity contribution is 7.14. The molecule has 0 saturated carbocycles. The van der Waals surface area contributed by atoms with E-state index in [-0.39, 0.29) is 12.3 Å². The second-order valence-corrected chi connectivity index (χ2v) is 7.22. The average molecular weight is 396 g/mol. The van der Waals surface area contributed by atoms with Crippen molar-refractivity contribution in [3.8, 4) is 28.5 Å². The normalized spacial score (nSPS) is 12.2. The molecule has 144 valence electrons. The molecule has 1 aliphatic rings. The van der Waals surface area contributed by atoms with Gasteiger partial charge in [0.25, 0.3) is 0 Å². The average Bonchev–Trinajstić information content (AvgIpc) is 3.36. The number of amides is 1. The molecule has 28 heavy (non-hydrogen) atoms. The second kappa shape index (κ2) is 7.90. The molecular formula is C21H20N2O4S. The quantitative estimate of drug-likeness (QED) is 0.683. The van der Waals surface area contributed by atoms with Crippen LogP contribution < -0.4 is 19.5 Å². The molecule has 6 nitrogen and oxygen atoms in total. The highest BCUT2D eigenvalue weighted by Crippen LogP contribution is 2.32. The first-order chi connectivity index (χ1) is 13.7. The van der Waals surface area contributed by atoms with E-state index in [4.69, 9.17) is 14.2 Å². The number of carbonyl (C=O) groups excluding carboxylic acids is 1. The first kappa shape index (κ1) is 18.3. The summed E-state index contributed by atoms with van der Waals surface area (Å²) < 4.78 is 16.1. The molecular weight excluding hydrogens is 376 g/mol. The van der Waals surface area contributed by atoms with Crippen molar-refractivity contribution in [3.05, 3.63) is 52.9 Å². The van der Waals surface area contributed by atoms with Gasteiger partial charge in [0.15, 0.2) is 5.13 Å². The number of anilines is 1. The maximum Gasteiger partial charge on any atom is 0.230 e. The Morgan fingerprint density at radius 2 is 2.11 bits per heavy atom. The molecule has 7 heteroatoms. The van der Waals surface area contributed by atoms with Crippen LogP contribution in [0, 0.1) is 0 Å². The number of hydrogen-bond donors (Lipinski definition) is 1. The largest absolute Gasteiger partial charge is 0.497 e. The van der Waals surface area contributed by atoms with Crippen molar-refractivity contribution in [2.45, 2.75) is 12.8 Å². The lowest BCUT2D eigenvalue weighted by molar-refractivity contribution is -0.115. The van der Waals surface area contributed by atoms with Gasteiger partial charge in [0.2, 0.25) is 5.91 Å². The van der Waals surface area contributed by atoms with Crippen LogP contribution in [0.3, 0.4) is 0 Å². The van der Waals surface area contributed by atoms with Gasteiger partial charge in [-0.15, -0.1) is 11.3 Å². The molecule has 4 rings (SSSR count). The van der Waals surface area contributed by atoms with Gasteiger partial charge >= 0.3 is 0 Å². The number of methoxy groups -OCH3 is 2. The summed E-state index contributed by atoms with van der Waals surface area (Å²) in [6, 6.07) is 11.5. The smallest absolute Gasteiger partial charge is 0.230 e. The number of hydrogen-bond acceptors (Lipinski definition) is 6. The van der Waals surface area contributed by atoms with Crippen molar-refractivity contribution in [2.24, 2.45) is 0 Å². The predicted molar refractivity (Wildman–Crippen MR) is 109 cm³/mol. The Morgan fingerprint density at radius 1 is 1.21 bits per heavy atom. The van der Waals surface area contributed by atoms with Crippen molar-refractivity contribution < 1.29 is 19.0 Å². The molecule has 0 atom stereocenters. The third-order valence-electron chi connectivity index (χ3n) is 4.57. The van der Waals surface area contributed by atoms with E-state index in [9.17, 15) is 4.79 Å². The third kappa shape index (κ3) is 3.80. The molecule has 0 radical (unpaired) electrons. The van der Waals surface area contributed by atoms with E-state index < -0.39 is 0 Å². The van der Waals surface area contributed by atoms with Crippen molar-refractivity contribution in [1.82, 2.24) is 4.98 Å². The lowest BCUT2D eigenvalue weighted by atomic mass is 10.1. The number of nitrogens with zero attached hydrogens (tertiary/aromatic N) is 1. The summed E-state index contributed by atoms with van der Waals surface area (Å²) in [5.41, 5.74) is 3.82. The van der Waals surface area contributed by atoms with E-state index in [0.717, 1.165) is 35.6 Å². The predicted octanol–water partition coefficient (Wildman–Crippen LogP) is 3.94. The fourth-order valence-corrected chi connectivity index (χ4v) is 3.90. The Balaban J connectivity index is 1.46. The highest BCUT2D eigenvalue weighted by Gasteiger charge is 2.15. The first-order valence-corrected chi connectivity index (χ1v) is 9.76. The van der Waals surface area contributed by atoms with Crippen molar-refractivity contribution in [1.29, 1.82) is 0 Å². The summed E-state index contributed by atoms with van der Waals surface area (Å²) in [4.78, 5) is 17.0. The van der Waals surface area contributed by atoms with Gasteiger partial charge in [-0.25, -0.2) is 4.98 Å². The molecule has 1 N–H and O–H groups in total.